The third kappa shape index (κ3) is 4.55. The van der Waals surface area contributed by atoms with Gasteiger partial charge in [-0.25, -0.2) is 0 Å². The molecule has 59 heavy (non-hydrogen) atoms. The molecule has 0 bridgehead atoms. The SMILES string of the molecule is OC1=CC(c2cccc3c2Cc2ccccc2-3)(c2cccc3c2Cc2ccccc2-3)NC(c2cccc3c2Cc2ccccc2-3)(c2cccc3c2Cc2ccccc2-3)C1. The molecule has 2 nitrogen and oxygen atoms in total. The van der Waals surface area contributed by atoms with Crippen LogP contribution in [0.15, 0.2) is 182 Å². The summed E-state index contributed by atoms with van der Waals surface area (Å²) in [7, 11) is 0. The predicted octanol–water partition coefficient (Wildman–Crippen LogP) is 12.6. The molecule has 0 aromatic heterocycles. The summed E-state index contributed by atoms with van der Waals surface area (Å²) in [5.74, 6) is 0.409. The molecule has 5 aliphatic rings. The van der Waals surface area contributed by atoms with E-state index in [-0.39, 0.29) is 0 Å². The molecule has 2 heteroatoms. The average Bonchev–Trinajstić information content (AvgIpc) is 4.06. The lowest BCUT2D eigenvalue weighted by Crippen LogP contribution is -2.59. The standard InChI is InChI=1S/C57H41NO/c59-39-33-56(52-25-9-21-44-40-17-5-1-13-35(40)29-48(44)52,53-26-10-22-45-41-18-6-2-14-36(41)30-49(45)53)58-57(34-39,54-27-11-23-46-42-19-7-3-15-37(42)31-50(46)54)55-28-12-24-47-43-20-8-4-16-38(43)32-51(47)55/h1-28,33,58-59H,29-32,34H2. The Kier molecular flexibility index (Phi) is 6.84. The second kappa shape index (κ2) is 12.1. The van der Waals surface area contributed by atoms with E-state index in [9.17, 15) is 5.11 Å². The Morgan fingerprint density at radius 1 is 0.339 bits per heavy atom. The van der Waals surface area contributed by atoms with E-state index in [2.05, 4.69) is 181 Å². The molecule has 0 amide bonds. The largest absolute Gasteiger partial charge is 0.512 e. The number of benzene rings is 8. The van der Waals surface area contributed by atoms with Gasteiger partial charge in [-0.15, -0.1) is 0 Å². The highest BCUT2D eigenvalue weighted by atomic mass is 16.3. The highest BCUT2D eigenvalue weighted by Crippen LogP contribution is 2.56. The van der Waals surface area contributed by atoms with Crippen LogP contribution in [0.25, 0.3) is 44.5 Å². The van der Waals surface area contributed by atoms with Crippen molar-refractivity contribution in [3.63, 3.8) is 0 Å². The normalized spacial score (nSPS) is 16.5. The Labute approximate surface area is 345 Å². The minimum absolute atomic E-state index is 0.409. The third-order valence-electron chi connectivity index (χ3n) is 14.4. The molecule has 1 aliphatic heterocycles. The van der Waals surface area contributed by atoms with Crippen LogP contribution in [-0.2, 0) is 36.8 Å². The van der Waals surface area contributed by atoms with Crippen molar-refractivity contribution in [2.24, 2.45) is 0 Å². The molecule has 8 aromatic carbocycles. The van der Waals surface area contributed by atoms with Gasteiger partial charge in [0.2, 0.25) is 0 Å². The third-order valence-corrected chi connectivity index (χ3v) is 14.4. The van der Waals surface area contributed by atoms with Crippen molar-refractivity contribution in [2.45, 2.75) is 43.2 Å². The minimum atomic E-state index is -0.897. The Hall–Kier alpha value is -6.74. The lowest BCUT2D eigenvalue weighted by Gasteiger charge is -2.50. The number of hydrogen-bond donors (Lipinski definition) is 2. The lowest BCUT2D eigenvalue weighted by atomic mass is 9.66. The maximum absolute atomic E-state index is 12.9. The Bertz CT molecular complexity index is 2950. The first-order valence-corrected chi connectivity index (χ1v) is 21.1. The zero-order valence-corrected chi connectivity index (χ0v) is 32.7. The van der Waals surface area contributed by atoms with Crippen LogP contribution in [0.4, 0.5) is 0 Å². The summed E-state index contributed by atoms with van der Waals surface area (Å²) in [4.78, 5) is 0. The number of nitrogens with one attached hydrogen (secondary N) is 1. The Balaban J connectivity index is 1.13. The molecule has 2 N–H and O–H groups in total. The fraction of sp³-hybridized carbons (Fsp3) is 0.123. The summed E-state index contributed by atoms with van der Waals surface area (Å²) < 4.78 is 0. The summed E-state index contributed by atoms with van der Waals surface area (Å²) in [5, 5.41) is 17.6. The van der Waals surface area contributed by atoms with Gasteiger partial charge in [0, 0.05) is 6.42 Å². The Morgan fingerprint density at radius 2 is 0.644 bits per heavy atom. The molecular weight excluding hydrogens is 715 g/mol. The average molecular weight is 756 g/mol. The van der Waals surface area contributed by atoms with E-state index in [1.807, 2.05) is 0 Å². The van der Waals surface area contributed by atoms with Crippen molar-refractivity contribution in [2.75, 3.05) is 0 Å². The zero-order valence-electron chi connectivity index (χ0n) is 32.7. The van der Waals surface area contributed by atoms with Gasteiger partial charge < -0.3 is 5.11 Å². The first-order valence-electron chi connectivity index (χ1n) is 21.1. The van der Waals surface area contributed by atoms with Gasteiger partial charge in [0.15, 0.2) is 0 Å². The fourth-order valence-corrected chi connectivity index (χ4v) is 12.1. The smallest absolute Gasteiger partial charge is 0.0933 e. The predicted molar refractivity (Wildman–Crippen MR) is 239 cm³/mol. The van der Waals surface area contributed by atoms with Crippen LogP contribution < -0.4 is 5.32 Å². The van der Waals surface area contributed by atoms with E-state index in [4.69, 9.17) is 0 Å². The molecule has 13 rings (SSSR count). The molecule has 280 valence electrons. The molecule has 8 aromatic rings. The van der Waals surface area contributed by atoms with Crippen LogP contribution in [0, 0.1) is 0 Å². The van der Waals surface area contributed by atoms with Crippen LogP contribution >= 0.6 is 0 Å². The first kappa shape index (κ1) is 33.3. The van der Waals surface area contributed by atoms with E-state index in [1.165, 1.54) is 111 Å². The van der Waals surface area contributed by atoms with Gasteiger partial charge in [-0.1, -0.05) is 170 Å². The number of aliphatic hydroxyl groups excluding tert-OH is 1. The van der Waals surface area contributed by atoms with Crippen molar-refractivity contribution in [1.29, 1.82) is 0 Å². The molecule has 0 saturated heterocycles. The first-order chi connectivity index (χ1) is 29.1. The number of fused-ring (bicyclic) bond motifs is 12. The summed E-state index contributed by atoms with van der Waals surface area (Å²) in [6.45, 7) is 0. The molecule has 0 spiro atoms. The molecule has 0 atom stereocenters. The van der Waals surface area contributed by atoms with Gasteiger partial charge >= 0.3 is 0 Å². The molecule has 0 saturated carbocycles. The minimum Gasteiger partial charge on any atom is -0.512 e. The highest BCUT2D eigenvalue weighted by Gasteiger charge is 2.52. The van der Waals surface area contributed by atoms with Crippen LogP contribution in [-0.4, -0.2) is 5.11 Å². The monoisotopic (exact) mass is 755 g/mol. The van der Waals surface area contributed by atoms with E-state index in [1.54, 1.807) is 0 Å². The fourth-order valence-electron chi connectivity index (χ4n) is 12.1. The van der Waals surface area contributed by atoms with Crippen LogP contribution in [0.5, 0.6) is 0 Å². The maximum atomic E-state index is 12.9. The van der Waals surface area contributed by atoms with Crippen LogP contribution in [0.2, 0.25) is 0 Å². The summed E-state index contributed by atoms with van der Waals surface area (Å²) >= 11 is 0. The van der Waals surface area contributed by atoms with E-state index < -0.39 is 11.1 Å². The lowest BCUT2D eigenvalue weighted by molar-refractivity contribution is 0.231. The highest BCUT2D eigenvalue weighted by molar-refractivity contribution is 5.84. The maximum Gasteiger partial charge on any atom is 0.0933 e. The number of hydrogen-bond acceptors (Lipinski definition) is 2. The van der Waals surface area contributed by atoms with Gasteiger partial charge in [-0.05, 0) is 143 Å². The zero-order chi connectivity index (χ0) is 38.9. The van der Waals surface area contributed by atoms with E-state index >= 15 is 0 Å². The summed E-state index contributed by atoms with van der Waals surface area (Å²) in [6.07, 6.45) is 6.01. The summed E-state index contributed by atoms with van der Waals surface area (Å²) in [5.41, 5.74) is 24.3. The van der Waals surface area contributed by atoms with Gasteiger partial charge in [0.05, 0.1) is 16.8 Å². The van der Waals surface area contributed by atoms with E-state index in [0.29, 0.717) is 12.2 Å². The second-order valence-corrected chi connectivity index (χ2v) is 17.3. The molecule has 4 aliphatic carbocycles. The van der Waals surface area contributed by atoms with Crippen molar-refractivity contribution >= 4 is 0 Å². The van der Waals surface area contributed by atoms with Gasteiger partial charge in [0.25, 0.3) is 0 Å². The molecule has 0 unspecified atom stereocenters. The van der Waals surface area contributed by atoms with Crippen molar-refractivity contribution in [3.8, 4) is 44.5 Å². The Morgan fingerprint density at radius 3 is 1.02 bits per heavy atom. The van der Waals surface area contributed by atoms with E-state index in [0.717, 1.165) is 25.7 Å². The van der Waals surface area contributed by atoms with Gasteiger partial charge in [0.1, 0.15) is 0 Å². The van der Waals surface area contributed by atoms with Crippen molar-refractivity contribution in [1.82, 2.24) is 5.32 Å². The topological polar surface area (TPSA) is 32.3 Å². The van der Waals surface area contributed by atoms with Crippen molar-refractivity contribution < 1.29 is 5.11 Å². The van der Waals surface area contributed by atoms with Gasteiger partial charge in [-0.3, -0.25) is 5.32 Å². The molecule has 0 radical (unpaired) electrons. The second-order valence-electron chi connectivity index (χ2n) is 17.3. The van der Waals surface area contributed by atoms with Gasteiger partial charge in [-0.2, -0.15) is 0 Å². The van der Waals surface area contributed by atoms with Crippen LogP contribution in [0.3, 0.4) is 0 Å². The number of aliphatic hydroxyl groups is 1. The molecule has 0 fully saturated rings. The summed E-state index contributed by atoms with van der Waals surface area (Å²) in [6, 6.07) is 63.2. The number of rotatable bonds is 4. The quantitative estimate of drug-likeness (QED) is 0.187. The van der Waals surface area contributed by atoms with Crippen molar-refractivity contribution in [3.05, 3.63) is 248 Å². The van der Waals surface area contributed by atoms with Crippen LogP contribution in [0.1, 0.15) is 73.2 Å². The molecular formula is C57H41NO. The molecule has 1 heterocycles.